The van der Waals surface area contributed by atoms with Crippen molar-refractivity contribution >= 4 is 21.8 Å². The Balaban J connectivity index is 2.42. The van der Waals surface area contributed by atoms with Crippen molar-refractivity contribution in [3.05, 3.63) is 51.6 Å². The van der Waals surface area contributed by atoms with E-state index in [0.717, 1.165) is 15.7 Å². The van der Waals surface area contributed by atoms with E-state index in [1.807, 2.05) is 32.0 Å². The van der Waals surface area contributed by atoms with E-state index in [2.05, 4.69) is 20.9 Å². The molecule has 1 aromatic heterocycles. The maximum absolute atomic E-state index is 7.55. The number of hydrogen-bond acceptors (Lipinski definition) is 3. The lowest BCUT2D eigenvalue weighted by molar-refractivity contribution is 0.457. The second-order valence-corrected chi connectivity index (χ2v) is 5.11. The van der Waals surface area contributed by atoms with Gasteiger partial charge in [0.2, 0.25) is 5.88 Å². The fourth-order valence-corrected chi connectivity index (χ4v) is 2.18. The van der Waals surface area contributed by atoms with E-state index in [0.29, 0.717) is 17.2 Å². The van der Waals surface area contributed by atoms with Crippen molar-refractivity contribution in [1.82, 2.24) is 4.98 Å². The number of aryl methyl sites for hydroxylation is 2. The average molecular weight is 320 g/mol. The van der Waals surface area contributed by atoms with Crippen LogP contribution in [0.1, 0.15) is 16.8 Å². The third-order valence-electron chi connectivity index (χ3n) is 2.58. The Morgan fingerprint density at radius 1 is 1.26 bits per heavy atom. The molecule has 0 radical (unpaired) electrons. The Bertz CT molecular complexity index is 641. The molecule has 0 amide bonds. The monoisotopic (exact) mass is 319 g/mol. The molecule has 98 valence electrons. The number of nitrogens with zero attached hydrogens (tertiary/aromatic N) is 1. The standard InChI is InChI=1S/C14H14BrN3O/c1-8-3-6-12(11(15)7-8)19-14-10(13(16)17)5-4-9(2)18-14/h3-7H,1-2H3,(H3,16,17). The maximum Gasteiger partial charge on any atom is 0.230 e. The Morgan fingerprint density at radius 2 is 2.00 bits per heavy atom. The zero-order valence-electron chi connectivity index (χ0n) is 10.7. The number of amidine groups is 1. The minimum absolute atomic E-state index is 0.0641. The molecule has 0 saturated carbocycles. The van der Waals surface area contributed by atoms with Crippen LogP contribution in [0.3, 0.4) is 0 Å². The lowest BCUT2D eigenvalue weighted by Crippen LogP contribution is -2.13. The second kappa shape index (κ2) is 5.40. The molecule has 2 rings (SSSR count). The Labute approximate surface area is 120 Å². The summed E-state index contributed by atoms with van der Waals surface area (Å²) in [4.78, 5) is 4.29. The quantitative estimate of drug-likeness (QED) is 0.671. The number of pyridine rings is 1. The first-order valence-corrected chi connectivity index (χ1v) is 6.52. The summed E-state index contributed by atoms with van der Waals surface area (Å²) in [5.41, 5.74) is 7.95. The van der Waals surface area contributed by atoms with Gasteiger partial charge in [0.1, 0.15) is 11.6 Å². The van der Waals surface area contributed by atoms with Crippen molar-refractivity contribution in [3.8, 4) is 11.6 Å². The van der Waals surface area contributed by atoms with Gasteiger partial charge < -0.3 is 10.5 Å². The minimum Gasteiger partial charge on any atom is -0.437 e. The molecule has 0 fully saturated rings. The highest BCUT2D eigenvalue weighted by Crippen LogP contribution is 2.31. The molecule has 0 unspecified atom stereocenters. The van der Waals surface area contributed by atoms with E-state index in [1.54, 1.807) is 12.1 Å². The first-order chi connectivity index (χ1) is 8.97. The van der Waals surface area contributed by atoms with E-state index >= 15 is 0 Å². The van der Waals surface area contributed by atoms with Crippen molar-refractivity contribution < 1.29 is 4.74 Å². The lowest BCUT2D eigenvalue weighted by Gasteiger charge is -2.11. The molecule has 2 aromatic rings. The van der Waals surface area contributed by atoms with Gasteiger partial charge in [0.15, 0.2) is 0 Å². The summed E-state index contributed by atoms with van der Waals surface area (Å²) in [6, 6.07) is 9.30. The van der Waals surface area contributed by atoms with Crippen LogP contribution >= 0.6 is 15.9 Å². The normalized spacial score (nSPS) is 10.3. The number of hydrogen-bond donors (Lipinski definition) is 2. The van der Waals surface area contributed by atoms with Gasteiger partial charge in [-0.25, -0.2) is 4.98 Å². The van der Waals surface area contributed by atoms with Crippen LogP contribution < -0.4 is 10.5 Å². The summed E-state index contributed by atoms with van der Waals surface area (Å²) < 4.78 is 6.60. The fraction of sp³-hybridized carbons (Fsp3) is 0.143. The topological polar surface area (TPSA) is 72.0 Å². The largest absolute Gasteiger partial charge is 0.437 e. The summed E-state index contributed by atoms with van der Waals surface area (Å²) in [5.74, 6) is 0.925. The van der Waals surface area contributed by atoms with E-state index < -0.39 is 0 Å². The Morgan fingerprint density at radius 3 is 2.63 bits per heavy atom. The molecule has 0 aliphatic carbocycles. The highest BCUT2D eigenvalue weighted by Gasteiger charge is 2.11. The summed E-state index contributed by atoms with van der Waals surface area (Å²) in [6.07, 6.45) is 0. The fourth-order valence-electron chi connectivity index (χ4n) is 1.61. The van der Waals surface area contributed by atoms with Crippen molar-refractivity contribution in [3.63, 3.8) is 0 Å². The summed E-state index contributed by atoms with van der Waals surface area (Å²) in [6.45, 7) is 3.86. The van der Waals surface area contributed by atoms with Crippen molar-refractivity contribution in [1.29, 1.82) is 5.41 Å². The molecular formula is C14H14BrN3O. The van der Waals surface area contributed by atoms with Crippen LogP contribution in [-0.4, -0.2) is 10.8 Å². The number of benzene rings is 1. The van der Waals surface area contributed by atoms with Crippen molar-refractivity contribution in [2.24, 2.45) is 5.73 Å². The zero-order chi connectivity index (χ0) is 14.0. The van der Waals surface area contributed by atoms with Crippen LogP contribution in [0, 0.1) is 19.3 Å². The van der Waals surface area contributed by atoms with Gasteiger partial charge >= 0.3 is 0 Å². The molecule has 0 spiro atoms. The SMILES string of the molecule is Cc1ccc(Oc2nc(C)ccc2C(=N)N)c(Br)c1. The number of aromatic nitrogens is 1. The van der Waals surface area contributed by atoms with Gasteiger partial charge in [0.05, 0.1) is 10.0 Å². The van der Waals surface area contributed by atoms with Gasteiger partial charge in [-0.2, -0.15) is 0 Å². The molecule has 3 N–H and O–H groups in total. The summed E-state index contributed by atoms with van der Waals surface area (Å²) in [5, 5.41) is 7.55. The average Bonchev–Trinajstić information content (AvgIpc) is 2.32. The van der Waals surface area contributed by atoms with Crippen LogP contribution in [0.15, 0.2) is 34.8 Å². The second-order valence-electron chi connectivity index (χ2n) is 4.25. The summed E-state index contributed by atoms with van der Waals surface area (Å²) >= 11 is 3.45. The van der Waals surface area contributed by atoms with E-state index in [-0.39, 0.29) is 5.84 Å². The van der Waals surface area contributed by atoms with Gasteiger partial charge in [0, 0.05) is 5.69 Å². The third-order valence-corrected chi connectivity index (χ3v) is 3.20. The lowest BCUT2D eigenvalue weighted by atomic mass is 10.2. The smallest absolute Gasteiger partial charge is 0.230 e. The third kappa shape index (κ3) is 3.12. The molecule has 19 heavy (non-hydrogen) atoms. The van der Waals surface area contributed by atoms with Gasteiger partial charge in [-0.3, -0.25) is 5.41 Å². The molecule has 0 saturated heterocycles. The first-order valence-electron chi connectivity index (χ1n) is 5.73. The predicted molar refractivity (Wildman–Crippen MR) is 78.9 cm³/mol. The van der Waals surface area contributed by atoms with Crippen LogP contribution in [0.5, 0.6) is 11.6 Å². The molecule has 0 aliphatic heterocycles. The predicted octanol–water partition coefficient (Wildman–Crippen LogP) is 3.54. The van der Waals surface area contributed by atoms with Gasteiger partial charge in [-0.1, -0.05) is 6.07 Å². The summed E-state index contributed by atoms with van der Waals surface area (Å²) in [7, 11) is 0. The van der Waals surface area contributed by atoms with Gasteiger partial charge in [-0.05, 0) is 59.6 Å². The van der Waals surface area contributed by atoms with Crippen LogP contribution in [-0.2, 0) is 0 Å². The Kier molecular flexibility index (Phi) is 3.85. The van der Waals surface area contributed by atoms with Crippen LogP contribution in [0.2, 0.25) is 0 Å². The molecule has 1 aromatic carbocycles. The van der Waals surface area contributed by atoms with Crippen LogP contribution in [0.4, 0.5) is 0 Å². The van der Waals surface area contributed by atoms with Crippen molar-refractivity contribution in [2.45, 2.75) is 13.8 Å². The van der Waals surface area contributed by atoms with Gasteiger partial charge in [-0.15, -0.1) is 0 Å². The number of nitrogens with two attached hydrogens (primary N) is 1. The number of ether oxygens (including phenoxy) is 1. The molecular weight excluding hydrogens is 306 g/mol. The molecule has 0 bridgehead atoms. The number of halogens is 1. The maximum atomic E-state index is 7.55. The van der Waals surface area contributed by atoms with E-state index in [1.165, 1.54) is 0 Å². The molecule has 1 heterocycles. The highest BCUT2D eigenvalue weighted by atomic mass is 79.9. The van der Waals surface area contributed by atoms with Crippen molar-refractivity contribution in [2.75, 3.05) is 0 Å². The number of rotatable bonds is 3. The highest BCUT2D eigenvalue weighted by molar-refractivity contribution is 9.10. The molecule has 0 aliphatic rings. The zero-order valence-corrected chi connectivity index (χ0v) is 12.3. The minimum atomic E-state index is -0.0641. The number of nitrogens with one attached hydrogen (secondary N) is 1. The van der Waals surface area contributed by atoms with Crippen LogP contribution in [0.25, 0.3) is 0 Å². The number of nitrogen functional groups attached to an aromatic ring is 1. The molecule has 0 atom stereocenters. The molecule has 4 nitrogen and oxygen atoms in total. The molecule has 5 heteroatoms. The Hall–Kier alpha value is -1.88. The van der Waals surface area contributed by atoms with E-state index in [4.69, 9.17) is 15.9 Å². The van der Waals surface area contributed by atoms with E-state index in [9.17, 15) is 0 Å². The van der Waals surface area contributed by atoms with Gasteiger partial charge in [0.25, 0.3) is 0 Å². The first kappa shape index (κ1) is 13.5.